The number of nitro groups is 1. The lowest BCUT2D eigenvalue weighted by atomic mass is 10.2. The molecule has 1 fully saturated rings. The van der Waals surface area contributed by atoms with Gasteiger partial charge in [0.25, 0.3) is 0 Å². The Bertz CT molecular complexity index is 1070. The number of piperazine rings is 1. The van der Waals surface area contributed by atoms with Crippen LogP contribution in [-0.4, -0.2) is 41.1 Å². The molecule has 1 aliphatic rings. The molecule has 0 unspecified atom stereocenters. The Hall–Kier alpha value is -2.91. The molecule has 30 heavy (non-hydrogen) atoms. The van der Waals surface area contributed by atoms with E-state index < -0.39 is 4.92 Å². The van der Waals surface area contributed by atoms with E-state index in [9.17, 15) is 10.1 Å². The Morgan fingerprint density at radius 1 is 1.03 bits per heavy atom. The van der Waals surface area contributed by atoms with E-state index in [-0.39, 0.29) is 11.5 Å². The van der Waals surface area contributed by atoms with Gasteiger partial charge in [-0.15, -0.1) is 0 Å². The number of para-hydroxylation sites is 1. The van der Waals surface area contributed by atoms with E-state index in [4.69, 9.17) is 11.6 Å². The van der Waals surface area contributed by atoms with Gasteiger partial charge in [0.1, 0.15) is 6.33 Å². The maximum Gasteiger partial charge on any atom is 0.353 e. The Morgan fingerprint density at radius 2 is 1.77 bits per heavy atom. The smallest absolute Gasteiger partial charge is 0.353 e. The minimum Gasteiger partial charge on any atom is -0.368 e. The standard InChI is InChI=1S/C20H18BrClN6O2/c21-16-6-1-2-7-17(16)25-19-18(28(29)30)20(24-13-23-19)27-10-8-26(9-11-27)15-5-3-4-14(22)12-15/h1-7,12-13H,8-11H2,(H,23,24,25). The van der Waals surface area contributed by atoms with E-state index >= 15 is 0 Å². The van der Waals surface area contributed by atoms with Gasteiger partial charge in [-0.1, -0.05) is 29.8 Å². The lowest BCUT2D eigenvalue weighted by Gasteiger charge is -2.36. The fourth-order valence-electron chi connectivity index (χ4n) is 3.40. The number of nitrogens with one attached hydrogen (secondary N) is 1. The summed E-state index contributed by atoms with van der Waals surface area (Å²) in [6, 6.07) is 15.1. The van der Waals surface area contributed by atoms with Crippen LogP contribution in [0, 0.1) is 10.1 Å². The first kappa shape index (κ1) is 20.4. The minimum absolute atomic E-state index is 0.135. The predicted molar refractivity (Wildman–Crippen MR) is 122 cm³/mol. The minimum atomic E-state index is -0.433. The van der Waals surface area contributed by atoms with Crippen molar-refractivity contribution >= 4 is 56.2 Å². The third kappa shape index (κ3) is 4.31. The second-order valence-corrected chi connectivity index (χ2v) is 8.00. The number of aromatic nitrogens is 2. The maximum atomic E-state index is 11.9. The van der Waals surface area contributed by atoms with Gasteiger partial charge < -0.3 is 15.1 Å². The molecule has 1 N–H and O–H groups in total. The zero-order valence-corrected chi connectivity index (χ0v) is 18.2. The van der Waals surface area contributed by atoms with Crippen molar-refractivity contribution in [3.05, 3.63) is 74.5 Å². The number of hydrogen-bond acceptors (Lipinski definition) is 7. The molecule has 2 aromatic carbocycles. The van der Waals surface area contributed by atoms with Crippen LogP contribution in [0.5, 0.6) is 0 Å². The molecule has 1 saturated heterocycles. The van der Waals surface area contributed by atoms with Gasteiger partial charge in [-0.25, -0.2) is 9.97 Å². The second kappa shape index (κ2) is 8.85. The quantitative estimate of drug-likeness (QED) is 0.404. The fraction of sp³-hybridized carbons (Fsp3) is 0.200. The summed E-state index contributed by atoms with van der Waals surface area (Å²) < 4.78 is 0.787. The number of nitrogens with zero attached hydrogens (tertiary/aromatic N) is 5. The lowest BCUT2D eigenvalue weighted by Crippen LogP contribution is -2.47. The first-order valence-corrected chi connectivity index (χ1v) is 10.5. The maximum absolute atomic E-state index is 11.9. The summed E-state index contributed by atoms with van der Waals surface area (Å²) in [4.78, 5) is 24.0. The lowest BCUT2D eigenvalue weighted by molar-refractivity contribution is -0.383. The Balaban J connectivity index is 1.57. The molecule has 8 nitrogen and oxygen atoms in total. The van der Waals surface area contributed by atoms with Crippen LogP contribution >= 0.6 is 27.5 Å². The first-order chi connectivity index (χ1) is 14.5. The van der Waals surface area contributed by atoms with Gasteiger partial charge in [-0.05, 0) is 46.3 Å². The molecule has 1 aromatic heterocycles. The normalized spacial score (nSPS) is 13.9. The molecule has 154 valence electrons. The van der Waals surface area contributed by atoms with Gasteiger partial charge >= 0.3 is 5.69 Å². The van der Waals surface area contributed by atoms with Gasteiger partial charge in [-0.3, -0.25) is 10.1 Å². The molecule has 4 rings (SSSR count). The van der Waals surface area contributed by atoms with E-state index in [0.29, 0.717) is 42.7 Å². The summed E-state index contributed by atoms with van der Waals surface area (Å²) in [5, 5.41) is 15.6. The van der Waals surface area contributed by atoms with Gasteiger partial charge in [-0.2, -0.15) is 0 Å². The van der Waals surface area contributed by atoms with Gasteiger partial charge in [0.05, 0.1) is 10.6 Å². The van der Waals surface area contributed by atoms with Crippen molar-refractivity contribution in [2.75, 3.05) is 41.3 Å². The largest absolute Gasteiger partial charge is 0.368 e. The molecule has 10 heteroatoms. The van der Waals surface area contributed by atoms with Crippen LogP contribution in [0.15, 0.2) is 59.3 Å². The monoisotopic (exact) mass is 488 g/mol. The Kier molecular flexibility index (Phi) is 6.01. The van der Waals surface area contributed by atoms with Crippen LogP contribution in [0.2, 0.25) is 5.02 Å². The van der Waals surface area contributed by atoms with Crippen LogP contribution in [0.3, 0.4) is 0 Å². The number of halogens is 2. The van der Waals surface area contributed by atoms with Crippen LogP contribution in [0.1, 0.15) is 0 Å². The van der Waals surface area contributed by atoms with Crippen molar-refractivity contribution in [1.82, 2.24) is 9.97 Å². The third-order valence-corrected chi connectivity index (χ3v) is 5.79. The number of benzene rings is 2. The summed E-state index contributed by atoms with van der Waals surface area (Å²) in [5.41, 5.74) is 1.59. The second-order valence-electron chi connectivity index (χ2n) is 6.71. The molecule has 0 radical (unpaired) electrons. The van der Waals surface area contributed by atoms with Crippen molar-refractivity contribution in [1.29, 1.82) is 0 Å². The highest BCUT2D eigenvalue weighted by atomic mass is 79.9. The highest BCUT2D eigenvalue weighted by Crippen LogP contribution is 2.35. The molecule has 0 saturated carbocycles. The molecule has 0 amide bonds. The summed E-state index contributed by atoms with van der Waals surface area (Å²) in [6.07, 6.45) is 1.35. The van der Waals surface area contributed by atoms with E-state index in [0.717, 1.165) is 10.2 Å². The Morgan fingerprint density at radius 3 is 2.47 bits per heavy atom. The summed E-state index contributed by atoms with van der Waals surface area (Å²) in [6.45, 7) is 2.60. The van der Waals surface area contributed by atoms with Crippen LogP contribution in [0.25, 0.3) is 0 Å². The molecule has 0 aliphatic carbocycles. The van der Waals surface area contributed by atoms with Crippen molar-refractivity contribution in [3.63, 3.8) is 0 Å². The van der Waals surface area contributed by atoms with Crippen molar-refractivity contribution in [2.24, 2.45) is 0 Å². The number of anilines is 4. The van der Waals surface area contributed by atoms with Gasteiger partial charge in [0.2, 0.25) is 11.6 Å². The van der Waals surface area contributed by atoms with Gasteiger partial charge in [0.15, 0.2) is 0 Å². The predicted octanol–water partition coefficient (Wildman–Crippen LogP) is 4.87. The van der Waals surface area contributed by atoms with Crippen LogP contribution in [0.4, 0.5) is 28.7 Å². The zero-order chi connectivity index (χ0) is 21.1. The average molecular weight is 490 g/mol. The van der Waals surface area contributed by atoms with E-state index in [2.05, 4.69) is 36.1 Å². The average Bonchev–Trinajstić information content (AvgIpc) is 2.75. The van der Waals surface area contributed by atoms with Crippen LogP contribution < -0.4 is 15.1 Å². The third-order valence-electron chi connectivity index (χ3n) is 4.87. The van der Waals surface area contributed by atoms with E-state index in [1.54, 1.807) is 0 Å². The zero-order valence-electron chi connectivity index (χ0n) is 15.8. The van der Waals surface area contributed by atoms with Gasteiger partial charge in [0, 0.05) is 41.4 Å². The number of rotatable bonds is 5. The molecule has 1 aliphatic heterocycles. The molecule has 3 aromatic rings. The Labute approximate surface area is 186 Å². The first-order valence-electron chi connectivity index (χ1n) is 9.29. The summed E-state index contributed by atoms with van der Waals surface area (Å²) in [5.74, 6) is 0.476. The summed E-state index contributed by atoms with van der Waals surface area (Å²) in [7, 11) is 0. The van der Waals surface area contributed by atoms with Crippen molar-refractivity contribution < 1.29 is 4.92 Å². The molecular weight excluding hydrogens is 472 g/mol. The van der Waals surface area contributed by atoms with E-state index in [1.165, 1.54) is 6.33 Å². The fourth-order valence-corrected chi connectivity index (χ4v) is 3.97. The molecule has 0 atom stereocenters. The SMILES string of the molecule is O=[N+]([O-])c1c(Nc2ccccc2Br)ncnc1N1CCN(c2cccc(Cl)c2)CC1. The molecular formula is C20H18BrClN6O2. The molecule has 0 bridgehead atoms. The van der Waals surface area contributed by atoms with E-state index in [1.807, 2.05) is 53.4 Å². The molecule has 2 heterocycles. The number of hydrogen-bond donors (Lipinski definition) is 1. The highest BCUT2D eigenvalue weighted by Gasteiger charge is 2.29. The highest BCUT2D eigenvalue weighted by molar-refractivity contribution is 9.10. The summed E-state index contributed by atoms with van der Waals surface area (Å²) >= 11 is 9.54. The van der Waals surface area contributed by atoms with Crippen molar-refractivity contribution in [2.45, 2.75) is 0 Å². The topological polar surface area (TPSA) is 87.4 Å². The van der Waals surface area contributed by atoms with Crippen molar-refractivity contribution in [3.8, 4) is 0 Å². The van der Waals surface area contributed by atoms with Crippen LogP contribution in [-0.2, 0) is 0 Å². The molecule has 0 spiro atoms.